The lowest BCUT2D eigenvalue weighted by Crippen LogP contribution is -2.20. The van der Waals surface area contributed by atoms with Crippen LogP contribution in [-0.2, 0) is 4.79 Å². The van der Waals surface area contributed by atoms with Crippen LogP contribution in [0.3, 0.4) is 0 Å². The van der Waals surface area contributed by atoms with Crippen molar-refractivity contribution in [2.75, 3.05) is 7.05 Å². The molecule has 126 valence electrons. The van der Waals surface area contributed by atoms with Crippen molar-refractivity contribution < 1.29 is 9.21 Å². The number of hydrogen-bond acceptors (Lipinski definition) is 3. The predicted octanol–water partition coefficient (Wildman–Crippen LogP) is 3.62. The van der Waals surface area contributed by atoms with E-state index in [0.717, 1.165) is 34.1 Å². The van der Waals surface area contributed by atoms with Crippen LogP contribution in [0.2, 0.25) is 0 Å². The first-order valence-corrected chi connectivity index (χ1v) is 8.44. The summed E-state index contributed by atoms with van der Waals surface area (Å²) in [5.41, 5.74) is 4.29. The zero-order valence-electron chi connectivity index (χ0n) is 14.2. The van der Waals surface area contributed by atoms with E-state index in [0.29, 0.717) is 5.58 Å². The molecule has 1 aromatic heterocycles. The minimum absolute atomic E-state index is 0.0220. The van der Waals surface area contributed by atoms with Crippen LogP contribution in [-0.4, -0.2) is 13.0 Å². The van der Waals surface area contributed by atoms with Gasteiger partial charge in [0.2, 0.25) is 5.91 Å². The molecule has 2 aromatic carbocycles. The summed E-state index contributed by atoms with van der Waals surface area (Å²) in [4.78, 5) is 23.8. The fraction of sp³-hybridized carbons (Fsp3) is 0.238. The van der Waals surface area contributed by atoms with Gasteiger partial charge in [-0.25, -0.2) is 4.79 Å². The van der Waals surface area contributed by atoms with Gasteiger partial charge in [0, 0.05) is 30.0 Å². The number of benzene rings is 2. The highest BCUT2D eigenvalue weighted by Gasteiger charge is 2.43. The molecule has 1 amide bonds. The highest BCUT2D eigenvalue weighted by Crippen LogP contribution is 2.48. The number of hydrogen-bond donors (Lipinski definition) is 1. The SMILES string of the molecule is CNC(=O)[C@@H]1C[C@H]1c1ccc2c(-c3ccccc3C)cc(=O)oc2c1. The summed E-state index contributed by atoms with van der Waals surface area (Å²) < 4.78 is 5.45. The number of nitrogens with one attached hydrogen (secondary N) is 1. The average Bonchev–Trinajstić information content (AvgIpc) is 3.41. The van der Waals surface area contributed by atoms with E-state index >= 15 is 0 Å². The summed E-state index contributed by atoms with van der Waals surface area (Å²) >= 11 is 0. The molecule has 1 aliphatic rings. The number of amides is 1. The van der Waals surface area contributed by atoms with E-state index in [9.17, 15) is 9.59 Å². The molecular weight excluding hydrogens is 314 g/mol. The Morgan fingerprint density at radius 1 is 1.12 bits per heavy atom. The normalized spacial score (nSPS) is 19.0. The standard InChI is InChI=1S/C21H19NO3/c1-12-5-3-4-6-14(12)17-11-20(23)25-19-9-13(7-8-15(17)19)16-10-18(16)21(24)22-2/h3-9,11,16,18H,10H2,1-2H3,(H,22,24)/t16-,18+/m0/s1. The number of carbonyl (C=O) groups excluding carboxylic acids is 1. The van der Waals surface area contributed by atoms with E-state index in [1.807, 2.05) is 49.4 Å². The van der Waals surface area contributed by atoms with Crippen molar-refractivity contribution in [1.29, 1.82) is 0 Å². The molecule has 1 N–H and O–H groups in total. The van der Waals surface area contributed by atoms with Gasteiger partial charge in [-0.3, -0.25) is 4.79 Å². The van der Waals surface area contributed by atoms with Gasteiger partial charge < -0.3 is 9.73 Å². The van der Waals surface area contributed by atoms with Crippen molar-refractivity contribution in [1.82, 2.24) is 5.32 Å². The molecule has 0 radical (unpaired) electrons. The Labute approximate surface area is 145 Å². The van der Waals surface area contributed by atoms with E-state index in [1.54, 1.807) is 13.1 Å². The second kappa shape index (κ2) is 5.88. The van der Waals surface area contributed by atoms with E-state index in [1.165, 1.54) is 0 Å². The van der Waals surface area contributed by atoms with Gasteiger partial charge in [0.15, 0.2) is 0 Å². The van der Waals surface area contributed by atoms with Crippen LogP contribution in [0.5, 0.6) is 0 Å². The van der Waals surface area contributed by atoms with Crippen molar-refractivity contribution in [2.24, 2.45) is 5.92 Å². The first-order valence-electron chi connectivity index (χ1n) is 8.44. The van der Waals surface area contributed by atoms with Crippen molar-refractivity contribution in [3.63, 3.8) is 0 Å². The van der Waals surface area contributed by atoms with Gasteiger partial charge in [-0.1, -0.05) is 36.4 Å². The molecule has 0 bridgehead atoms. The van der Waals surface area contributed by atoms with E-state index in [4.69, 9.17) is 4.42 Å². The fourth-order valence-corrected chi connectivity index (χ4v) is 3.55. The second-order valence-corrected chi connectivity index (χ2v) is 6.61. The van der Waals surface area contributed by atoms with Crippen molar-refractivity contribution in [2.45, 2.75) is 19.3 Å². The minimum atomic E-state index is -0.360. The molecule has 4 heteroatoms. The Morgan fingerprint density at radius 3 is 2.68 bits per heavy atom. The fourth-order valence-electron chi connectivity index (χ4n) is 3.55. The predicted molar refractivity (Wildman–Crippen MR) is 97.6 cm³/mol. The van der Waals surface area contributed by atoms with E-state index in [2.05, 4.69) is 5.32 Å². The highest BCUT2D eigenvalue weighted by molar-refractivity contribution is 5.94. The lowest BCUT2D eigenvalue weighted by Gasteiger charge is -2.10. The average molecular weight is 333 g/mol. The summed E-state index contributed by atoms with van der Waals surface area (Å²) in [7, 11) is 1.66. The van der Waals surface area contributed by atoms with Gasteiger partial charge in [-0.15, -0.1) is 0 Å². The maximum absolute atomic E-state index is 12.1. The van der Waals surface area contributed by atoms with Crippen LogP contribution in [0.1, 0.15) is 23.5 Å². The number of rotatable bonds is 3. The summed E-state index contributed by atoms with van der Waals surface area (Å²) in [6, 6.07) is 15.5. The monoisotopic (exact) mass is 333 g/mol. The molecule has 1 aliphatic carbocycles. The number of carbonyl (C=O) groups is 1. The van der Waals surface area contributed by atoms with Gasteiger partial charge in [0.1, 0.15) is 5.58 Å². The summed E-state index contributed by atoms with van der Waals surface area (Å²) in [5.74, 6) is 0.297. The van der Waals surface area contributed by atoms with Crippen LogP contribution in [0.25, 0.3) is 22.1 Å². The largest absolute Gasteiger partial charge is 0.423 e. The first kappa shape index (κ1) is 15.6. The molecule has 0 spiro atoms. The summed E-state index contributed by atoms with van der Waals surface area (Å²) in [6.45, 7) is 2.03. The lowest BCUT2D eigenvalue weighted by atomic mass is 9.96. The van der Waals surface area contributed by atoms with Crippen molar-refractivity contribution >= 4 is 16.9 Å². The molecule has 4 nitrogen and oxygen atoms in total. The Balaban J connectivity index is 1.82. The Hall–Kier alpha value is -2.88. The Bertz CT molecular complexity index is 1030. The van der Waals surface area contributed by atoms with Crippen molar-refractivity contribution in [3.8, 4) is 11.1 Å². The van der Waals surface area contributed by atoms with Gasteiger partial charge >= 0.3 is 5.63 Å². The quantitative estimate of drug-likeness (QED) is 0.745. The van der Waals surface area contributed by atoms with Crippen LogP contribution in [0.15, 0.2) is 57.7 Å². The topological polar surface area (TPSA) is 59.3 Å². The molecule has 3 aromatic rings. The molecule has 0 aliphatic heterocycles. The van der Waals surface area contributed by atoms with Gasteiger partial charge in [-0.2, -0.15) is 0 Å². The molecule has 1 saturated carbocycles. The molecule has 0 unspecified atom stereocenters. The lowest BCUT2D eigenvalue weighted by molar-refractivity contribution is -0.121. The molecule has 1 fully saturated rings. The maximum atomic E-state index is 12.1. The van der Waals surface area contributed by atoms with E-state index < -0.39 is 0 Å². The second-order valence-electron chi connectivity index (χ2n) is 6.61. The summed E-state index contributed by atoms with van der Waals surface area (Å²) in [5, 5.41) is 3.61. The van der Waals surface area contributed by atoms with Crippen LogP contribution < -0.4 is 10.9 Å². The van der Waals surface area contributed by atoms with Crippen LogP contribution >= 0.6 is 0 Å². The third-order valence-corrected chi connectivity index (χ3v) is 5.01. The smallest absolute Gasteiger partial charge is 0.336 e. The van der Waals surface area contributed by atoms with Gasteiger partial charge in [0.05, 0.1) is 0 Å². The van der Waals surface area contributed by atoms with Gasteiger partial charge in [-0.05, 0) is 42.0 Å². The van der Waals surface area contributed by atoms with Crippen LogP contribution in [0, 0.1) is 12.8 Å². The molecule has 2 atom stereocenters. The Morgan fingerprint density at radius 2 is 1.92 bits per heavy atom. The number of aryl methyl sites for hydroxylation is 1. The Kier molecular flexibility index (Phi) is 3.68. The molecular formula is C21H19NO3. The van der Waals surface area contributed by atoms with Crippen LogP contribution in [0.4, 0.5) is 0 Å². The minimum Gasteiger partial charge on any atom is -0.423 e. The molecule has 4 rings (SSSR count). The third kappa shape index (κ3) is 2.74. The zero-order chi connectivity index (χ0) is 17.6. The van der Waals surface area contributed by atoms with E-state index in [-0.39, 0.29) is 23.4 Å². The highest BCUT2D eigenvalue weighted by atomic mass is 16.4. The third-order valence-electron chi connectivity index (χ3n) is 5.01. The molecule has 1 heterocycles. The zero-order valence-corrected chi connectivity index (χ0v) is 14.2. The van der Waals surface area contributed by atoms with Gasteiger partial charge in [0.25, 0.3) is 0 Å². The number of fused-ring (bicyclic) bond motifs is 1. The first-order chi connectivity index (χ1) is 12.1. The molecule has 0 saturated heterocycles. The maximum Gasteiger partial charge on any atom is 0.336 e. The summed E-state index contributed by atoms with van der Waals surface area (Å²) in [6.07, 6.45) is 0.840. The van der Waals surface area contributed by atoms with Crippen molar-refractivity contribution in [3.05, 3.63) is 70.1 Å². The molecule has 25 heavy (non-hydrogen) atoms.